The van der Waals surface area contributed by atoms with Crippen molar-refractivity contribution in [2.24, 2.45) is 0 Å². The summed E-state index contributed by atoms with van der Waals surface area (Å²) in [6, 6.07) is 0. The highest BCUT2D eigenvalue weighted by Gasteiger charge is 2.22. The lowest BCUT2D eigenvalue weighted by Gasteiger charge is -2.33. The fourth-order valence-corrected chi connectivity index (χ4v) is 2.66. The molecule has 0 spiro atoms. The zero-order chi connectivity index (χ0) is 14.5. The molecule has 0 aromatic carbocycles. The van der Waals surface area contributed by atoms with E-state index in [1.807, 2.05) is 0 Å². The van der Waals surface area contributed by atoms with Gasteiger partial charge < -0.3 is 15.0 Å². The van der Waals surface area contributed by atoms with Gasteiger partial charge in [0.2, 0.25) is 0 Å². The molecule has 0 unspecified atom stereocenters. The van der Waals surface area contributed by atoms with Crippen LogP contribution in [0.5, 0.6) is 0 Å². The van der Waals surface area contributed by atoms with Crippen molar-refractivity contribution < 1.29 is 4.74 Å². The van der Waals surface area contributed by atoms with E-state index < -0.39 is 0 Å². The van der Waals surface area contributed by atoms with Gasteiger partial charge in [-0.1, -0.05) is 6.92 Å². The van der Waals surface area contributed by atoms with Crippen molar-refractivity contribution in [1.82, 2.24) is 9.97 Å². The SMILES string of the molecule is CCNc1nc(CC)nc(N2CCC(OC)CC2)c1C. The molecule has 1 fully saturated rings. The minimum atomic E-state index is 0.396. The molecule has 0 bridgehead atoms. The third kappa shape index (κ3) is 3.20. The van der Waals surface area contributed by atoms with Crippen LogP contribution in [0, 0.1) is 6.92 Å². The molecule has 1 aromatic rings. The van der Waals surface area contributed by atoms with Crippen LogP contribution < -0.4 is 10.2 Å². The monoisotopic (exact) mass is 278 g/mol. The molecule has 0 radical (unpaired) electrons. The second-order valence-corrected chi connectivity index (χ2v) is 5.24. The smallest absolute Gasteiger partial charge is 0.137 e. The van der Waals surface area contributed by atoms with E-state index in [4.69, 9.17) is 9.72 Å². The summed E-state index contributed by atoms with van der Waals surface area (Å²) in [5.41, 5.74) is 1.15. The molecule has 5 nitrogen and oxygen atoms in total. The van der Waals surface area contributed by atoms with Crippen LogP contribution in [0.15, 0.2) is 0 Å². The van der Waals surface area contributed by atoms with Gasteiger partial charge in [-0.25, -0.2) is 9.97 Å². The number of piperidine rings is 1. The molecule has 112 valence electrons. The number of anilines is 2. The Kier molecular flexibility index (Phi) is 5.17. The van der Waals surface area contributed by atoms with Crippen LogP contribution in [0.3, 0.4) is 0 Å². The van der Waals surface area contributed by atoms with E-state index in [2.05, 4.69) is 36.0 Å². The molecule has 0 amide bonds. The van der Waals surface area contributed by atoms with Gasteiger partial charge in [-0.2, -0.15) is 0 Å². The third-order valence-electron chi connectivity index (χ3n) is 3.90. The van der Waals surface area contributed by atoms with E-state index in [0.717, 1.165) is 61.9 Å². The van der Waals surface area contributed by atoms with Gasteiger partial charge in [0, 0.05) is 38.7 Å². The standard InChI is InChI=1S/C15H26N4O/c1-5-13-17-14(16-6-2)11(3)15(18-13)19-9-7-12(20-4)8-10-19/h12H,5-10H2,1-4H3,(H,16,17,18). The largest absolute Gasteiger partial charge is 0.381 e. The molecule has 5 heteroatoms. The third-order valence-corrected chi connectivity index (χ3v) is 3.90. The predicted molar refractivity (Wildman–Crippen MR) is 82.6 cm³/mol. The number of aryl methyl sites for hydroxylation is 1. The average molecular weight is 278 g/mol. The first-order valence-electron chi connectivity index (χ1n) is 7.58. The molecule has 1 aromatic heterocycles. The zero-order valence-corrected chi connectivity index (χ0v) is 13.1. The molecular weight excluding hydrogens is 252 g/mol. The molecule has 0 aliphatic carbocycles. The number of aromatic nitrogens is 2. The Morgan fingerprint density at radius 2 is 1.95 bits per heavy atom. The molecule has 1 aliphatic heterocycles. The van der Waals surface area contributed by atoms with Crippen molar-refractivity contribution in [2.75, 3.05) is 37.0 Å². The highest BCUT2D eigenvalue weighted by atomic mass is 16.5. The van der Waals surface area contributed by atoms with Crippen LogP contribution in [0.2, 0.25) is 0 Å². The Morgan fingerprint density at radius 3 is 2.50 bits per heavy atom. The van der Waals surface area contributed by atoms with Gasteiger partial charge in [-0.15, -0.1) is 0 Å². The van der Waals surface area contributed by atoms with Crippen molar-refractivity contribution in [2.45, 2.75) is 46.1 Å². The zero-order valence-electron chi connectivity index (χ0n) is 13.1. The van der Waals surface area contributed by atoms with E-state index in [1.165, 1.54) is 0 Å². The summed E-state index contributed by atoms with van der Waals surface area (Å²) in [5.74, 6) is 2.97. The average Bonchev–Trinajstić information content (AvgIpc) is 2.49. The van der Waals surface area contributed by atoms with Crippen molar-refractivity contribution >= 4 is 11.6 Å². The van der Waals surface area contributed by atoms with E-state index in [1.54, 1.807) is 7.11 Å². The first-order chi connectivity index (χ1) is 9.69. The molecule has 20 heavy (non-hydrogen) atoms. The molecular formula is C15H26N4O. The Labute approximate surface area is 121 Å². The number of nitrogens with one attached hydrogen (secondary N) is 1. The highest BCUT2D eigenvalue weighted by molar-refractivity contribution is 5.58. The minimum absolute atomic E-state index is 0.396. The summed E-state index contributed by atoms with van der Waals surface area (Å²) in [7, 11) is 1.80. The predicted octanol–water partition coefficient (Wildman–Crippen LogP) is 2.39. The first-order valence-corrected chi connectivity index (χ1v) is 7.58. The normalized spacial score (nSPS) is 16.5. The molecule has 1 saturated heterocycles. The van der Waals surface area contributed by atoms with Gasteiger partial charge >= 0.3 is 0 Å². The Morgan fingerprint density at radius 1 is 1.25 bits per heavy atom. The maximum atomic E-state index is 5.44. The summed E-state index contributed by atoms with van der Waals surface area (Å²) in [4.78, 5) is 11.7. The number of methoxy groups -OCH3 is 1. The Bertz CT molecular complexity index is 442. The number of hydrogen-bond donors (Lipinski definition) is 1. The van der Waals surface area contributed by atoms with Gasteiger partial charge in [0.15, 0.2) is 0 Å². The fraction of sp³-hybridized carbons (Fsp3) is 0.733. The summed E-state index contributed by atoms with van der Waals surface area (Å²) in [6.45, 7) is 9.19. The molecule has 2 heterocycles. The van der Waals surface area contributed by atoms with E-state index in [9.17, 15) is 0 Å². The molecule has 2 rings (SSSR count). The second kappa shape index (κ2) is 6.88. The van der Waals surface area contributed by atoms with Crippen LogP contribution in [0.1, 0.15) is 38.1 Å². The first kappa shape index (κ1) is 15.0. The Balaban J connectivity index is 2.24. The summed E-state index contributed by atoms with van der Waals surface area (Å²) in [6.07, 6.45) is 3.39. The van der Waals surface area contributed by atoms with Crippen molar-refractivity contribution in [3.63, 3.8) is 0 Å². The maximum absolute atomic E-state index is 5.44. The quantitative estimate of drug-likeness (QED) is 0.896. The second-order valence-electron chi connectivity index (χ2n) is 5.24. The van der Waals surface area contributed by atoms with Crippen LogP contribution in [-0.2, 0) is 11.2 Å². The van der Waals surface area contributed by atoms with Crippen molar-refractivity contribution in [1.29, 1.82) is 0 Å². The minimum Gasteiger partial charge on any atom is -0.381 e. The summed E-state index contributed by atoms with van der Waals surface area (Å²) < 4.78 is 5.44. The molecule has 0 saturated carbocycles. The summed E-state index contributed by atoms with van der Waals surface area (Å²) >= 11 is 0. The molecule has 0 atom stereocenters. The Hall–Kier alpha value is -1.36. The summed E-state index contributed by atoms with van der Waals surface area (Å²) in [5, 5.41) is 3.35. The fourth-order valence-electron chi connectivity index (χ4n) is 2.66. The van der Waals surface area contributed by atoms with E-state index in [0.29, 0.717) is 6.10 Å². The van der Waals surface area contributed by atoms with E-state index >= 15 is 0 Å². The lowest BCUT2D eigenvalue weighted by molar-refractivity contribution is 0.0817. The van der Waals surface area contributed by atoms with Gasteiger partial charge in [0.25, 0.3) is 0 Å². The van der Waals surface area contributed by atoms with Gasteiger partial charge in [-0.3, -0.25) is 0 Å². The van der Waals surface area contributed by atoms with Gasteiger partial charge in [0.1, 0.15) is 17.5 Å². The van der Waals surface area contributed by atoms with Crippen molar-refractivity contribution in [3.8, 4) is 0 Å². The van der Waals surface area contributed by atoms with Crippen LogP contribution in [0.25, 0.3) is 0 Å². The number of hydrogen-bond acceptors (Lipinski definition) is 5. The molecule has 1 N–H and O–H groups in total. The van der Waals surface area contributed by atoms with Gasteiger partial charge in [-0.05, 0) is 26.7 Å². The number of rotatable bonds is 5. The van der Waals surface area contributed by atoms with Crippen LogP contribution in [0.4, 0.5) is 11.6 Å². The lowest BCUT2D eigenvalue weighted by atomic mass is 10.1. The number of ether oxygens (including phenoxy) is 1. The van der Waals surface area contributed by atoms with Crippen LogP contribution in [-0.4, -0.2) is 42.8 Å². The maximum Gasteiger partial charge on any atom is 0.137 e. The number of nitrogens with zero attached hydrogens (tertiary/aromatic N) is 3. The van der Waals surface area contributed by atoms with Gasteiger partial charge in [0.05, 0.1) is 6.10 Å². The van der Waals surface area contributed by atoms with E-state index in [-0.39, 0.29) is 0 Å². The highest BCUT2D eigenvalue weighted by Crippen LogP contribution is 2.27. The van der Waals surface area contributed by atoms with Crippen LogP contribution >= 0.6 is 0 Å². The lowest BCUT2D eigenvalue weighted by Crippen LogP contribution is -2.37. The van der Waals surface area contributed by atoms with Crippen molar-refractivity contribution in [3.05, 3.63) is 11.4 Å². The molecule has 1 aliphatic rings. The topological polar surface area (TPSA) is 50.3 Å².